The van der Waals surface area contributed by atoms with Crippen molar-refractivity contribution < 1.29 is 0 Å². The van der Waals surface area contributed by atoms with Crippen molar-refractivity contribution in [2.45, 2.75) is 13.8 Å². The van der Waals surface area contributed by atoms with Gasteiger partial charge in [-0.1, -0.05) is 35.9 Å². The topological polar surface area (TPSA) is 25.8 Å². The first-order valence-corrected chi connectivity index (χ1v) is 7.44. The molecule has 2 heterocycles. The van der Waals surface area contributed by atoms with Gasteiger partial charge < -0.3 is 0 Å². The zero-order valence-electron chi connectivity index (χ0n) is 12.7. The van der Waals surface area contributed by atoms with Gasteiger partial charge in [0.25, 0.3) is 0 Å². The van der Waals surface area contributed by atoms with Crippen molar-refractivity contribution in [1.29, 1.82) is 0 Å². The Hall–Kier alpha value is -2.74. The minimum absolute atomic E-state index is 1.02. The lowest BCUT2D eigenvalue weighted by Gasteiger charge is -2.10. The summed E-state index contributed by atoms with van der Waals surface area (Å²) in [5.74, 6) is 0. The summed E-state index contributed by atoms with van der Waals surface area (Å²) in [5.41, 5.74) is 6.71. The third-order valence-electron chi connectivity index (χ3n) is 4.05. The summed E-state index contributed by atoms with van der Waals surface area (Å²) >= 11 is 0. The molecule has 0 aliphatic heterocycles. The standard InChI is InChI=1S/C20H16N2/c1-13-6-9-19-18(12-13)16(10-11-21-19)17-5-3-4-15-8-7-14(2)22-20(15)17/h3-12H,1-2H3. The molecule has 2 aromatic carbocycles. The zero-order valence-corrected chi connectivity index (χ0v) is 12.7. The van der Waals surface area contributed by atoms with Crippen molar-refractivity contribution >= 4 is 21.8 Å². The van der Waals surface area contributed by atoms with Gasteiger partial charge in [-0.15, -0.1) is 0 Å². The fourth-order valence-electron chi connectivity index (χ4n) is 2.96. The van der Waals surface area contributed by atoms with Crippen LogP contribution in [0.3, 0.4) is 0 Å². The van der Waals surface area contributed by atoms with Crippen molar-refractivity contribution in [3.05, 3.63) is 72.1 Å². The van der Waals surface area contributed by atoms with Crippen LogP contribution in [0.2, 0.25) is 0 Å². The Labute approximate surface area is 129 Å². The van der Waals surface area contributed by atoms with Gasteiger partial charge in [0.1, 0.15) is 0 Å². The third kappa shape index (κ3) is 2.04. The average molecular weight is 284 g/mol. The smallest absolute Gasteiger partial charge is 0.0783 e. The predicted octanol–water partition coefficient (Wildman–Crippen LogP) is 5.07. The van der Waals surface area contributed by atoms with Crippen LogP contribution in [0.1, 0.15) is 11.3 Å². The highest BCUT2D eigenvalue weighted by Gasteiger charge is 2.09. The van der Waals surface area contributed by atoms with Crippen molar-refractivity contribution in [3.63, 3.8) is 0 Å². The van der Waals surface area contributed by atoms with Crippen LogP contribution in [0.25, 0.3) is 32.9 Å². The lowest BCUT2D eigenvalue weighted by Crippen LogP contribution is -1.90. The van der Waals surface area contributed by atoms with Crippen LogP contribution >= 0.6 is 0 Å². The van der Waals surface area contributed by atoms with E-state index in [1.54, 1.807) is 0 Å². The summed E-state index contributed by atoms with van der Waals surface area (Å²) in [5, 5.41) is 2.35. The van der Waals surface area contributed by atoms with E-state index < -0.39 is 0 Å². The molecule has 0 unspecified atom stereocenters. The van der Waals surface area contributed by atoms with E-state index in [1.165, 1.54) is 27.5 Å². The Bertz CT molecular complexity index is 920. The van der Waals surface area contributed by atoms with Gasteiger partial charge in [0.05, 0.1) is 11.0 Å². The first kappa shape index (κ1) is 13.0. The Balaban J connectivity index is 2.11. The number of aromatic nitrogens is 2. The number of aryl methyl sites for hydroxylation is 2. The zero-order chi connectivity index (χ0) is 15.1. The van der Waals surface area contributed by atoms with E-state index in [1.807, 2.05) is 13.1 Å². The molecule has 0 N–H and O–H groups in total. The SMILES string of the molecule is Cc1ccc2nccc(-c3cccc4ccc(C)nc34)c2c1. The highest BCUT2D eigenvalue weighted by molar-refractivity contribution is 6.02. The second-order valence-electron chi connectivity index (χ2n) is 5.71. The number of fused-ring (bicyclic) bond motifs is 2. The molecule has 2 nitrogen and oxygen atoms in total. The highest BCUT2D eigenvalue weighted by atomic mass is 14.7. The molecule has 0 fully saturated rings. The molecule has 0 amide bonds. The number of nitrogens with zero attached hydrogens (tertiary/aromatic N) is 2. The van der Waals surface area contributed by atoms with Crippen LogP contribution in [-0.2, 0) is 0 Å². The monoisotopic (exact) mass is 284 g/mol. The number of benzene rings is 2. The molecule has 0 bridgehead atoms. The highest BCUT2D eigenvalue weighted by Crippen LogP contribution is 2.32. The Morgan fingerprint density at radius 2 is 1.73 bits per heavy atom. The largest absolute Gasteiger partial charge is 0.256 e. The van der Waals surface area contributed by atoms with E-state index in [-0.39, 0.29) is 0 Å². The molecule has 0 aliphatic carbocycles. The molecule has 22 heavy (non-hydrogen) atoms. The van der Waals surface area contributed by atoms with Crippen molar-refractivity contribution in [1.82, 2.24) is 9.97 Å². The first-order valence-electron chi connectivity index (χ1n) is 7.44. The second-order valence-corrected chi connectivity index (χ2v) is 5.71. The number of pyridine rings is 2. The quantitative estimate of drug-likeness (QED) is 0.488. The molecular weight excluding hydrogens is 268 g/mol. The molecule has 4 aromatic rings. The van der Waals surface area contributed by atoms with Gasteiger partial charge in [-0.25, -0.2) is 0 Å². The van der Waals surface area contributed by atoms with Gasteiger partial charge >= 0.3 is 0 Å². The van der Waals surface area contributed by atoms with Gasteiger partial charge in [-0.2, -0.15) is 0 Å². The van der Waals surface area contributed by atoms with Gasteiger partial charge in [0, 0.05) is 28.2 Å². The fourth-order valence-corrected chi connectivity index (χ4v) is 2.96. The van der Waals surface area contributed by atoms with Crippen LogP contribution < -0.4 is 0 Å². The summed E-state index contributed by atoms with van der Waals surface area (Å²) in [6.45, 7) is 4.15. The van der Waals surface area contributed by atoms with Gasteiger partial charge in [-0.05, 0) is 43.7 Å². The first-order chi connectivity index (χ1) is 10.7. The summed E-state index contributed by atoms with van der Waals surface area (Å²) in [6.07, 6.45) is 1.88. The molecule has 106 valence electrons. The number of para-hydroxylation sites is 1. The molecule has 0 saturated heterocycles. The molecule has 2 aromatic heterocycles. The summed E-state index contributed by atoms with van der Waals surface area (Å²) < 4.78 is 0. The Morgan fingerprint density at radius 3 is 2.64 bits per heavy atom. The van der Waals surface area contributed by atoms with E-state index in [2.05, 4.69) is 66.5 Å². The van der Waals surface area contributed by atoms with Crippen LogP contribution in [0.5, 0.6) is 0 Å². The minimum Gasteiger partial charge on any atom is -0.256 e. The molecule has 2 heteroatoms. The van der Waals surface area contributed by atoms with Crippen LogP contribution in [0.15, 0.2) is 60.8 Å². The summed E-state index contributed by atoms with van der Waals surface area (Å²) in [4.78, 5) is 9.25. The maximum atomic E-state index is 4.76. The third-order valence-corrected chi connectivity index (χ3v) is 4.05. The number of rotatable bonds is 1. The number of hydrogen-bond donors (Lipinski definition) is 0. The van der Waals surface area contributed by atoms with Crippen molar-refractivity contribution in [2.75, 3.05) is 0 Å². The molecule has 0 radical (unpaired) electrons. The molecule has 0 saturated carbocycles. The normalized spacial score (nSPS) is 11.2. The molecular formula is C20H16N2. The van der Waals surface area contributed by atoms with E-state index >= 15 is 0 Å². The van der Waals surface area contributed by atoms with E-state index in [0.29, 0.717) is 0 Å². The summed E-state index contributed by atoms with van der Waals surface area (Å²) in [7, 11) is 0. The maximum Gasteiger partial charge on any atom is 0.0783 e. The Morgan fingerprint density at radius 1 is 0.818 bits per heavy atom. The van der Waals surface area contributed by atoms with Crippen LogP contribution in [0.4, 0.5) is 0 Å². The van der Waals surface area contributed by atoms with Gasteiger partial charge in [0.15, 0.2) is 0 Å². The summed E-state index contributed by atoms with van der Waals surface area (Å²) in [6, 6.07) is 19.0. The molecule has 4 rings (SSSR count). The number of hydrogen-bond acceptors (Lipinski definition) is 2. The lowest BCUT2D eigenvalue weighted by molar-refractivity contribution is 1.26. The Kier molecular flexibility index (Phi) is 2.90. The predicted molar refractivity (Wildman–Crippen MR) is 92.0 cm³/mol. The van der Waals surface area contributed by atoms with Crippen molar-refractivity contribution in [3.8, 4) is 11.1 Å². The van der Waals surface area contributed by atoms with Crippen LogP contribution in [0, 0.1) is 13.8 Å². The van der Waals surface area contributed by atoms with Gasteiger partial charge in [0.2, 0.25) is 0 Å². The van der Waals surface area contributed by atoms with Crippen molar-refractivity contribution in [2.24, 2.45) is 0 Å². The average Bonchev–Trinajstić information content (AvgIpc) is 2.54. The maximum absolute atomic E-state index is 4.76. The fraction of sp³-hybridized carbons (Fsp3) is 0.100. The molecule has 0 spiro atoms. The van der Waals surface area contributed by atoms with Gasteiger partial charge in [-0.3, -0.25) is 9.97 Å². The van der Waals surface area contributed by atoms with E-state index in [9.17, 15) is 0 Å². The lowest BCUT2D eigenvalue weighted by atomic mass is 9.97. The molecule has 0 atom stereocenters. The van der Waals surface area contributed by atoms with E-state index in [0.717, 1.165) is 16.7 Å². The van der Waals surface area contributed by atoms with E-state index in [4.69, 9.17) is 4.98 Å². The van der Waals surface area contributed by atoms with Crippen LogP contribution in [-0.4, -0.2) is 9.97 Å². The minimum atomic E-state index is 1.02. The molecule has 0 aliphatic rings. The second kappa shape index (κ2) is 4.92.